The van der Waals surface area contributed by atoms with Gasteiger partial charge in [-0.2, -0.15) is 0 Å². The molecule has 0 atom stereocenters. The summed E-state index contributed by atoms with van der Waals surface area (Å²) in [5.41, 5.74) is 4.45. The largest absolute Gasteiger partial charge is 0.497 e. The molecule has 6 nitrogen and oxygen atoms in total. The molecule has 4 rings (SSSR count). The molecule has 0 aliphatic rings. The fourth-order valence-corrected chi connectivity index (χ4v) is 3.83. The summed E-state index contributed by atoms with van der Waals surface area (Å²) in [5.74, 6) is 1.19. The molecule has 0 unspecified atom stereocenters. The molecule has 0 spiro atoms. The summed E-state index contributed by atoms with van der Waals surface area (Å²) in [6.45, 7) is 2.16. The van der Waals surface area contributed by atoms with Crippen LogP contribution in [0.2, 0.25) is 0 Å². The highest BCUT2D eigenvalue weighted by Crippen LogP contribution is 2.28. The fraction of sp³-hybridized carbons (Fsp3) is 0.174. The molecule has 0 bridgehead atoms. The van der Waals surface area contributed by atoms with Gasteiger partial charge in [0.2, 0.25) is 5.16 Å². The number of aromatic nitrogens is 3. The highest BCUT2D eigenvalue weighted by Gasteiger charge is 2.11. The minimum atomic E-state index is -0.303. The van der Waals surface area contributed by atoms with Crippen LogP contribution >= 0.6 is 11.8 Å². The molecule has 2 heterocycles. The number of benzene rings is 2. The summed E-state index contributed by atoms with van der Waals surface area (Å²) in [6, 6.07) is 19.2. The number of carbonyl (C=O) groups is 1. The molecule has 0 radical (unpaired) electrons. The molecule has 4 aromatic rings. The first kappa shape index (κ1) is 20.0. The number of fused-ring (bicyclic) bond motifs is 1. The minimum Gasteiger partial charge on any atom is -0.497 e. The lowest BCUT2D eigenvalue weighted by atomic mass is 10.1. The number of nitrogens with zero attached hydrogens (tertiary/aromatic N) is 3. The SMILES string of the molecule is CCOC(=O)c1ccc(CSc2nc(-c3ccc(OC)cc3)c3cccn3n2)cc1. The minimum absolute atomic E-state index is 0.303. The Labute approximate surface area is 178 Å². The van der Waals surface area contributed by atoms with E-state index in [9.17, 15) is 4.79 Å². The molecule has 2 aromatic heterocycles. The predicted molar refractivity (Wildman–Crippen MR) is 117 cm³/mol. The smallest absolute Gasteiger partial charge is 0.338 e. The third-order valence-electron chi connectivity index (χ3n) is 4.57. The first-order valence-electron chi connectivity index (χ1n) is 9.56. The van der Waals surface area contributed by atoms with E-state index in [2.05, 4.69) is 5.10 Å². The summed E-state index contributed by atoms with van der Waals surface area (Å²) in [5, 5.41) is 5.29. The van der Waals surface area contributed by atoms with Crippen LogP contribution in [0.4, 0.5) is 0 Å². The van der Waals surface area contributed by atoms with Gasteiger partial charge in [0.15, 0.2) is 0 Å². The van der Waals surface area contributed by atoms with Gasteiger partial charge < -0.3 is 9.47 Å². The summed E-state index contributed by atoms with van der Waals surface area (Å²) >= 11 is 1.55. The lowest BCUT2D eigenvalue weighted by molar-refractivity contribution is 0.0526. The van der Waals surface area contributed by atoms with Crippen molar-refractivity contribution in [3.63, 3.8) is 0 Å². The van der Waals surface area contributed by atoms with E-state index in [1.54, 1.807) is 37.9 Å². The van der Waals surface area contributed by atoms with Gasteiger partial charge >= 0.3 is 5.97 Å². The molecular formula is C23H21N3O3S. The molecule has 30 heavy (non-hydrogen) atoms. The zero-order valence-corrected chi connectivity index (χ0v) is 17.6. The van der Waals surface area contributed by atoms with Crippen LogP contribution in [0.5, 0.6) is 5.75 Å². The van der Waals surface area contributed by atoms with Gasteiger partial charge in [0.05, 0.1) is 30.5 Å². The van der Waals surface area contributed by atoms with Crippen molar-refractivity contribution in [1.82, 2.24) is 14.6 Å². The lowest BCUT2D eigenvalue weighted by Crippen LogP contribution is -2.04. The Morgan fingerprint density at radius 1 is 1.07 bits per heavy atom. The molecule has 0 saturated carbocycles. The summed E-state index contributed by atoms with van der Waals surface area (Å²) < 4.78 is 12.1. The molecule has 0 aliphatic carbocycles. The first-order chi connectivity index (χ1) is 14.7. The molecule has 0 aliphatic heterocycles. The maximum atomic E-state index is 11.8. The Kier molecular flexibility index (Phi) is 5.99. The van der Waals surface area contributed by atoms with Gasteiger partial charge in [-0.1, -0.05) is 23.9 Å². The molecule has 0 saturated heterocycles. The van der Waals surface area contributed by atoms with Gasteiger partial charge in [0.1, 0.15) is 5.75 Å². The van der Waals surface area contributed by atoms with Gasteiger partial charge in [-0.3, -0.25) is 0 Å². The second-order valence-electron chi connectivity index (χ2n) is 6.52. The number of esters is 1. The molecule has 2 aromatic carbocycles. The molecule has 0 fully saturated rings. The zero-order chi connectivity index (χ0) is 20.9. The van der Waals surface area contributed by atoms with Gasteiger partial charge in [-0.15, -0.1) is 5.10 Å². The van der Waals surface area contributed by atoms with Crippen LogP contribution in [0, 0.1) is 0 Å². The lowest BCUT2D eigenvalue weighted by Gasteiger charge is -2.08. The Balaban J connectivity index is 1.55. The van der Waals surface area contributed by atoms with E-state index in [0.717, 1.165) is 28.1 Å². The summed E-state index contributed by atoms with van der Waals surface area (Å²) in [4.78, 5) is 16.6. The number of hydrogen-bond donors (Lipinski definition) is 0. The molecular weight excluding hydrogens is 398 g/mol. The monoisotopic (exact) mass is 419 g/mol. The van der Waals surface area contributed by atoms with Crippen LogP contribution < -0.4 is 4.74 Å². The van der Waals surface area contributed by atoms with Crippen molar-refractivity contribution in [2.24, 2.45) is 0 Å². The van der Waals surface area contributed by atoms with E-state index in [-0.39, 0.29) is 5.97 Å². The zero-order valence-electron chi connectivity index (χ0n) is 16.7. The Morgan fingerprint density at radius 2 is 1.83 bits per heavy atom. The van der Waals surface area contributed by atoms with E-state index < -0.39 is 0 Å². The second-order valence-corrected chi connectivity index (χ2v) is 7.46. The third kappa shape index (κ3) is 4.31. The van der Waals surface area contributed by atoms with Crippen LogP contribution in [-0.2, 0) is 10.5 Å². The number of methoxy groups -OCH3 is 1. The van der Waals surface area contributed by atoms with Gasteiger partial charge in [-0.25, -0.2) is 14.3 Å². The Bertz CT molecular complexity index is 1150. The van der Waals surface area contributed by atoms with Crippen LogP contribution in [0.3, 0.4) is 0 Å². The van der Waals surface area contributed by atoms with E-state index in [4.69, 9.17) is 14.5 Å². The Morgan fingerprint density at radius 3 is 2.53 bits per heavy atom. The second kappa shape index (κ2) is 9.00. The number of carbonyl (C=O) groups excluding carboxylic acids is 1. The van der Waals surface area contributed by atoms with Crippen molar-refractivity contribution in [2.45, 2.75) is 17.8 Å². The number of hydrogen-bond acceptors (Lipinski definition) is 6. The van der Waals surface area contributed by atoms with E-state index >= 15 is 0 Å². The molecule has 0 amide bonds. The van der Waals surface area contributed by atoms with Crippen molar-refractivity contribution in [3.05, 3.63) is 78.0 Å². The first-order valence-corrected chi connectivity index (χ1v) is 10.5. The highest BCUT2D eigenvalue weighted by molar-refractivity contribution is 7.98. The molecule has 152 valence electrons. The predicted octanol–water partition coefficient (Wildman–Crippen LogP) is 4.87. The molecule has 7 heteroatoms. The maximum absolute atomic E-state index is 11.8. The normalized spacial score (nSPS) is 10.9. The number of rotatable bonds is 7. The highest BCUT2D eigenvalue weighted by atomic mass is 32.2. The average Bonchev–Trinajstić information content (AvgIpc) is 3.26. The van der Waals surface area contributed by atoms with Crippen molar-refractivity contribution >= 4 is 23.2 Å². The van der Waals surface area contributed by atoms with Crippen molar-refractivity contribution in [1.29, 1.82) is 0 Å². The summed E-state index contributed by atoms with van der Waals surface area (Å²) in [6.07, 6.45) is 1.92. The van der Waals surface area contributed by atoms with Gasteiger partial charge in [0, 0.05) is 17.5 Å². The van der Waals surface area contributed by atoms with Crippen molar-refractivity contribution < 1.29 is 14.3 Å². The number of ether oxygens (including phenoxy) is 2. The Hall–Kier alpha value is -3.32. The van der Waals surface area contributed by atoms with Crippen LogP contribution in [0.1, 0.15) is 22.8 Å². The number of thioether (sulfide) groups is 1. The van der Waals surface area contributed by atoms with E-state index in [1.807, 2.05) is 59.2 Å². The van der Waals surface area contributed by atoms with E-state index in [1.165, 1.54) is 0 Å². The van der Waals surface area contributed by atoms with Gasteiger partial charge in [0.25, 0.3) is 0 Å². The van der Waals surface area contributed by atoms with Crippen LogP contribution in [-0.4, -0.2) is 34.3 Å². The van der Waals surface area contributed by atoms with Crippen molar-refractivity contribution in [3.8, 4) is 17.0 Å². The third-order valence-corrected chi connectivity index (χ3v) is 5.48. The summed E-state index contributed by atoms with van der Waals surface area (Å²) in [7, 11) is 1.65. The quantitative estimate of drug-likeness (QED) is 0.314. The van der Waals surface area contributed by atoms with Gasteiger partial charge in [-0.05, 0) is 61.0 Å². The standard InChI is InChI=1S/C23H21N3O3S/c1-3-29-22(27)18-8-6-16(7-9-18)15-30-23-24-21(20-5-4-14-26(20)25-23)17-10-12-19(28-2)13-11-17/h4-14H,3,15H2,1-2H3. The van der Waals surface area contributed by atoms with Crippen LogP contribution in [0.25, 0.3) is 16.8 Å². The average molecular weight is 420 g/mol. The molecule has 0 N–H and O–H groups in total. The van der Waals surface area contributed by atoms with Crippen LogP contribution in [0.15, 0.2) is 72.0 Å². The topological polar surface area (TPSA) is 65.7 Å². The van der Waals surface area contributed by atoms with Crippen molar-refractivity contribution in [2.75, 3.05) is 13.7 Å². The maximum Gasteiger partial charge on any atom is 0.338 e. The fourth-order valence-electron chi connectivity index (χ4n) is 3.04. The van der Waals surface area contributed by atoms with E-state index in [0.29, 0.717) is 23.1 Å².